The van der Waals surface area contributed by atoms with Gasteiger partial charge in [-0.15, -0.1) is 0 Å². The molecule has 4 rings (SSSR count). The standard InChI is InChI=1S/C17H14FN5O/c1-2-19-16-20-8-7-13(21-16)15-14(11-3-5-12(18)6-4-11)22-17-23(15)9-10-24-17/h3-10H,2H2,1H3,(H,19,20,21). The first kappa shape index (κ1) is 14.4. The van der Waals surface area contributed by atoms with Crippen molar-refractivity contribution in [3.05, 3.63) is 54.8 Å². The average molecular weight is 323 g/mol. The van der Waals surface area contributed by atoms with Crippen LogP contribution in [0.1, 0.15) is 6.92 Å². The summed E-state index contributed by atoms with van der Waals surface area (Å²) in [5.41, 5.74) is 2.94. The maximum Gasteiger partial charge on any atom is 0.306 e. The van der Waals surface area contributed by atoms with E-state index in [1.54, 1.807) is 30.8 Å². The van der Waals surface area contributed by atoms with Gasteiger partial charge in [0.25, 0.3) is 0 Å². The maximum absolute atomic E-state index is 13.2. The van der Waals surface area contributed by atoms with Crippen molar-refractivity contribution in [2.45, 2.75) is 6.92 Å². The quantitative estimate of drug-likeness (QED) is 0.621. The molecule has 4 aromatic rings. The molecule has 3 aromatic heterocycles. The highest BCUT2D eigenvalue weighted by molar-refractivity contribution is 5.79. The normalized spacial score (nSPS) is 11.1. The van der Waals surface area contributed by atoms with Crippen LogP contribution in [-0.4, -0.2) is 25.9 Å². The van der Waals surface area contributed by atoms with Gasteiger partial charge in [0.15, 0.2) is 0 Å². The van der Waals surface area contributed by atoms with E-state index < -0.39 is 0 Å². The lowest BCUT2D eigenvalue weighted by atomic mass is 10.1. The van der Waals surface area contributed by atoms with E-state index in [1.807, 2.05) is 17.4 Å². The van der Waals surface area contributed by atoms with E-state index in [1.165, 1.54) is 12.1 Å². The average Bonchev–Trinajstić information content (AvgIpc) is 3.17. The van der Waals surface area contributed by atoms with Gasteiger partial charge in [0, 0.05) is 24.5 Å². The largest absolute Gasteiger partial charge is 0.432 e. The molecule has 0 bridgehead atoms. The second-order valence-electron chi connectivity index (χ2n) is 5.17. The topological polar surface area (TPSA) is 68.2 Å². The van der Waals surface area contributed by atoms with Crippen molar-refractivity contribution in [3.8, 4) is 22.6 Å². The molecule has 0 radical (unpaired) electrons. The van der Waals surface area contributed by atoms with Gasteiger partial charge in [0.1, 0.15) is 23.5 Å². The Balaban J connectivity index is 1.93. The third-order valence-electron chi connectivity index (χ3n) is 3.61. The van der Waals surface area contributed by atoms with E-state index in [4.69, 9.17) is 4.42 Å². The number of aromatic nitrogens is 4. The predicted molar refractivity (Wildman–Crippen MR) is 88.0 cm³/mol. The Kier molecular flexibility index (Phi) is 3.45. The van der Waals surface area contributed by atoms with Crippen molar-refractivity contribution in [1.29, 1.82) is 0 Å². The Bertz CT molecular complexity index is 990. The van der Waals surface area contributed by atoms with E-state index in [0.29, 0.717) is 23.2 Å². The molecule has 0 fully saturated rings. The number of hydrogen-bond acceptors (Lipinski definition) is 5. The highest BCUT2D eigenvalue weighted by Crippen LogP contribution is 2.32. The molecule has 1 N–H and O–H groups in total. The lowest BCUT2D eigenvalue weighted by Gasteiger charge is -2.06. The van der Waals surface area contributed by atoms with E-state index >= 15 is 0 Å². The van der Waals surface area contributed by atoms with Gasteiger partial charge in [-0.25, -0.2) is 14.4 Å². The van der Waals surface area contributed by atoms with Gasteiger partial charge in [0.2, 0.25) is 5.95 Å². The Morgan fingerprint density at radius 3 is 2.79 bits per heavy atom. The molecule has 6 nitrogen and oxygen atoms in total. The van der Waals surface area contributed by atoms with Crippen molar-refractivity contribution >= 4 is 11.8 Å². The Morgan fingerprint density at radius 2 is 2.00 bits per heavy atom. The molecule has 0 aliphatic carbocycles. The predicted octanol–water partition coefficient (Wildman–Crippen LogP) is 3.62. The summed E-state index contributed by atoms with van der Waals surface area (Å²) in [5.74, 6) is 0.700. The first-order valence-corrected chi connectivity index (χ1v) is 7.55. The minimum atomic E-state index is -0.292. The number of hydrogen-bond donors (Lipinski definition) is 1. The van der Waals surface area contributed by atoms with Gasteiger partial charge in [-0.1, -0.05) is 0 Å². The minimum absolute atomic E-state index is 0.292. The summed E-state index contributed by atoms with van der Waals surface area (Å²) < 4.78 is 20.5. The summed E-state index contributed by atoms with van der Waals surface area (Å²) >= 11 is 0. The third-order valence-corrected chi connectivity index (χ3v) is 3.61. The molecule has 0 saturated heterocycles. The van der Waals surface area contributed by atoms with Crippen LogP contribution < -0.4 is 5.32 Å². The first-order chi connectivity index (χ1) is 11.8. The molecule has 7 heteroatoms. The summed E-state index contributed by atoms with van der Waals surface area (Å²) in [6.45, 7) is 2.70. The minimum Gasteiger partial charge on any atom is -0.432 e. The molecule has 0 aliphatic rings. The van der Waals surface area contributed by atoms with Crippen LogP contribution in [0.2, 0.25) is 0 Å². The molecule has 0 amide bonds. The second-order valence-corrected chi connectivity index (χ2v) is 5.17. The van der Waals surface area contributed by atoms with Crippen LogP contribution in [0.25, 0.3) is 28.5 Å². The maximum atomic E-state index is 13.2. The highest BCUT2D eigenvalue weighted by atomic mass is 19.1. The summed E-state index contributed by atoms with van der Waals surface area (Å²) in [6.07, 6.45) is 5.03. The number of nitrogens with zero attached hydrogens (tertiary/aromatic N) is 4. The fraction of sp³-hybridized carbons (Fsp3) is 0.118. The van der Waals surface area contributed by atoms with Gasteiger partial charge < -0.3 is 9.73 Å². The lowest BCUT2D eigenvalue weighted by Crippen LogP contribution is -2.03. The van der Waals surface area contributed by atoms with Gasteiger partial charge in [-0.05, 0) is 37.3 Å². The Hall–Kier alpha value is -3.22. The zero-order valence-electron chi connectivity index (χ0n) is 12.9. The van der Waals surface area contributed by atoms with Gasteiger partial charge >= 0.3 is 5.84 Å². The lowest BCUT2D eigenvalue weighted by molar-refractivity contribution is 0.596. The Morgan fingerprint density at radius 1 is 1.17 bits per heavy atom. The molecule has 0 aliphatic heterocycles. The Labute approximate surface area is 137 Å². The van der Waals surface area contributed by atoms with Crippen LogP contribution in [0, 0.1) is 5.82 Å². The zero-order valence-corrected chi connectivity index (χ0v) is 12.9. The van der Waals surface area contributed by atoms with E-state index in [9.17, 15) is 4.39 Å². The zero-order chi connectivity index (χ0) is 16.5. The SMILES string of the molecule is CCNc1nccc(-c2c(-c3ccc(F)cc3)nc3occn23)n1. The van der Waals surface area contributed by atoms with Crippen LogP contribution in [0.4, 0.5) is 10.3 Å². The van der Waals surface area contributed by atoms with E-state index in [2.05, 4.69) is 20.3 Å². The fourth-order valence-electron chi connectivity index (χ4n) is 2.57. The van der Waals surface area contributed by atoms with Crippen molar-refractivity contribution in [3.63, 3.8) is 0 Å². The number of oxazole rings is 1. The fourth-order valence-corrected chi connectivity index (χ4v) is 2.57. The number of anilines is 1. The van der Waals surface area contributed by atoms with Crippen molar-refractivity contribution in [2.75, 3.05) is 11.9 Å². The number of halogens is 1. The third kappa shape index (κ3) is 2.40. The molecule has 120 valence electrons. The smallest absolute Gasteiger partial charge is 0.306 e. The van der Waals surface area contributed by atoms with Crippen LogP contribution in [0.15, 0.2) is 53.4 Å². The molecule has 0 spiro atoms. The molecular formula is C17H14FN5O. The van der Waals surface area contributed by atoms with Crippen LogP contribution in [-0.2, 0) is 0 Å². The van der Waals surface area contributed by atoms with Gasteiger partial charge in [0.05, 0.1) is 5.69 Å². The monoisotopic (exact) mass is 323 g/mol. The molecule has 0 unspecified atom stereocenters. The number of rotatable bonds is 4. The number of fused-ring (bicyclic) bond motifs is 1. The summed E-state index contributed by atoms with van der Waals surface area (Å²) in [6, 6.07) is 8.00. The van der Waals surface area contributed by atoms with Crippen molar-refractivity contribution in [1.82, 2.24) is 19.4 Å². The number of imidazole rings is 1. The van der Waals surface area contributed by atoms with Crippen LogP contribution in [0.5, 0.6) is 0 Å². The molecule has 0 saturated carbocycles. The van der Waals surface area contributed by atoms with E-state index in [0.717, 1.165) is 17.8 Å². The van der Waals surface area contributed by atoms with Crippen molar-refractivity contribution in [2.24, 2.45) is 0 Å². The van der Waals surface area contributed by atoms with E-state index in [-0.39, 0.29) is 5.82 Å². The highest BCUT2D eigenvalue weighted by Gasteiger charge is 2.19. The molecule has 3 heterocycles. The first-order valence-electron chi connectivity index (χ1n) is 7.55. The number of benzene rings is 1. The summed E-state index contributed by atoms with van der Waals surface area (Å²) in [7, 11) is 0. The molecule has 1 aromatic carbocycles. The summed E-state index contributed by atoms with van der Waals surface area (Å²) in [4.78, 5) is 13.3. The van der Waals surface area contributed by atoms with Crippen molar-refractivity contribution < 1.29 is 8.81 Å². The van der Waals surface area contributed by atoms with Crippen LogP contribution in [0.3, 0.4) is 0 Å². The number of nitrogens with one attached hydrogen (secondary N) is 1. The summed E-state index contributed by atoms with van der Waals surface area (Å²) in [5, 5.41) is 3.09. The van der Waals surface area contributed by atoms with Gasteiger partial charge in [-0.3, -0.25) is 4.40 Å². The molecule has 0 atom stereocenters. The molecular weight excluding hydrogens is 309 g/mol. The van der Waals surface area contributed by atoms with Crippen LogP contribution >= 0.6 is 0 Å². The molecule has 24 heavy (non-hydrogen) atoms. The van der Waals surface area contributed by atoms with Gasteiger partial charge in [-0.2, -0.15) is 4.98 Å². The second kappa shape index (κ2) is 5.77.